The molecule has 2 rings (SSSR count). The number of alkyl halides is 3. The van der Waals surface area contributed by atoms with Gasteiger partial charge in [0.05, 0.1) is 5.56 Å². The molecule has 0 bridgehead atoms. The Kier molecular flexibility index (Phi) is 3.71. The maximum absolute atomic E-state index is 12.8. The molecule has 0 saturated heterocycles. The van der Waals surface area contributed by atoms with Crippen molar-refractivity contribution in [1.82, 2.24) is 4.57 Å². The Morgan fingerprint density at radius 2 is 1.90 bits per heavy atom. The lowest BCUT2D eigenvalue weighted by Crippen LogP contribution is -2.10. The van der Waals surface area contributed by atoms with Crippen LogP contribution in [-0.2, 0) is 11.0 Å². The third-order valence-electron chi connectivity index (χ3n) is 3.28. The quantitative estimate of drug-likeness (QED) is 0.913. The van der Waals surface area contributed by atoms with E-state index >= 15 is 0 Å². The summed E-state index contributed by atoms with van der Waals surface area (Å²) in [5, 5.41) is 18.7. The minimum atomic E-state index is -4.53. The number of aliphatic hydroxyl groups excluding tert-OH is 1. The van der Waals surface area contributed by atoms with Gasteiger partial charge in [-0.2, -0.15) is 13.2 Å². The van der Waals surface area contributed by atoms with E-state index in [9.17, 15) is 23.1 Å². The number of carboxylic acid groups (broad SMARTS) is 1. The van der Waals surface area contributed by atoms with Crippen LogP contribution in [-0.4, -0.2) is 20.7 Å². The van der Waals surface area contributed by atoms with E-state index in [2.05, 4.69) is 0 Å². The first-order valence-electron chi connectivity index (χ1n) is 6.25. The summed E-state index contributed by atoms with van der Waals surface area (Å²) in [6.45, 7) is 3.63. The fraction of sp³-hybridized carbons (Fsp3) is 0.357. The number of rotatable bonds is 3. The lowest BCUT2D eigenvalue weighted by molar-refractivity contribution is -0.146. The second-order valence-electron chi connectivity index (χ2n) is 5.06. The molecule has 0 spiro atoms. The van der Waals surface area contributed by atoms with Crippen molar-refractivity contribution in [3.63, 3.8) is 0 Å². The predicted octanol–water partition coefficient (Wildman–Crippen LogP) is 3.36. The second-order valence-corrected chi connectivity index (χ2v) is 5.06. The Morgan fingerprint density at radius 3 is 2.38 bits per heavy atom. The molecule has 0 aliphatic rings. The molecule has 1 heterocycles. The van der Waals surface area contributed by atoms with Crippen LogP contribution in [0, 0.1) is 0 Å². The molecule has 2 N–H and O–H groups in total. The average molecular weight is 301 g/mol. The van der Waals surface area contributed by atoms with Gasteiger partial charge < -0.3 is 14.8 Å². The molecule has 2 aromatic rings. The summed E-state index contributed by atoms with van der Waals surface area (Å²) >= 11 is 0. The number of nitrogens with zero attached hydrogens (tertiary/aromatic N) is 1. The summed E-state index contributed by atoms with van der Waals surface area (Å²) in [5.74, 6) is -1.50. The molecule has 21 heavy (non-hydrogen) atoms. The van der Waals surface area contributed by atoms with Crippen molar-refractivity contribution in [3.05, 3.63) is 35.5 Å². The molecule has 1 aromatic heterocycles. The highest BCUT2D eigenvalue weighted by Gasteiger charge is 2.32. The van der Waals surface area contributed by atoms with E-state index in [1.807, 2.05) is 13.8 Å². The Labute approximate surface area is 118 Å². The number of aliphatic carboxylic acids is 1. The number of hydrogen-bond acceptors (Lipinski definition) is 2. The Bertz CT molecular complexity index is 689. The van der Waals surface area contributed by atoms with Crippen molar-refractivity contribution in [2.24, 2.45) is 0 Å². The molecule has 1 atom stereocenters. The lowest BCUT2D eigenvalue weighted by atomic mass is 10.1. The van der Waals surface area contributed by atoms with Crippen molar-refractivity contribution >= 4 is 16.9 Å². The number of aromatic nitrogens is 1. The molecule has 1 aromatic carbocycles. The zero-order valence-electron chi connectivity index (χ0n) is 11.3. The number of carbonyl (C=O) groups is 1. The van der Waals surface area contributed by atoms with Gasteiger partial charge in [-0.1, -0.05) is 0 Å². The maximum atomic E-state index is 12.8. The summed E-state index contributed by atoms with van der Waals surface area (Å²) in [5.41, 5.74) is -0.471. The molecule has 0 aliphatic carbocycles. The van der Waals surface area contributed by atoms with E-state index in [0.717, 1.165) is 12.1 Å². The highest BCUT2D eigenvalue weighted by molar-refractivity contribution is 5.89. The van der Waals surface area contributed by atoms with E-state index in [4.69, 9.17) is 5.11 Å². The van der Waals surface area contributed by atoms with Gasteiger partial charge in [-0.15, -0.1) is 0 Å². The molecule has 0 radical (unpaired) electrons. The second kappa shape index (κ2) is 5.07. The summed E-state index contributed by atoms with van der Waals surface area (Å²) in [6, 6.07) is 3.02. The Morgan fingerprint density at radius 1 is 1.29 bits per heavy atom. The predicted molar refractivity (Wildman–Crippen MR) is 69.9 cm³/mol. The molecule has 114 valence electrons. The van der Waals surface area contributed by atoms with Crippen molar-refractivity contribution in [2.75, 3.05) is 0 Å². The minimum Gasteiger partial charge on any atom is -0.479 e. The summed E-state index contributed by atoms with van der Waals surface area (Å²) in [6.07, 6.45) is -5.01. The fourth-order valence-electron chi connectivity index (χ4n) is 2.24. The van der Waals surface area contributed by atoms with Crippen LogP contribution in [0.5, 0.6) is 0 Å². The largest absolute Gasteiger partial charge is 0.479 e. The van der Waals surface area contributed by atoms with Crippen molar-refractivity contribution in [1.29, 1.82) is 0 Å². The van der Waals surface area contributed by atoms with Gasteiger partial charge in [0.25, 0.3) is 0 Å². The van der Waals surface area contributed by atoms with Crippen molar-refractivity contribution in [3.8, 4) is 0 Å². The van der Waals surface area contributed by atoms with Crippen LogP contribution < -0.4 is 0 Å². The minimum absolute atomic E-state index is 0.0442. The molecule has 1 unspecified atom stereocenters. The maximum Gasteiger partial charge on any atom is 0.416 e. The van der Waals surface area contributed by atoms with Crippen LogP contribution in [0.3, 0.4) is 0 Å². The van der Waals surface area contributed by atoms with Gasteiger partial charge in [-0.3, -0.25) is 0 Å². The highest BCUT2D eigenvalue weighted by atomic mass is 19.4. The first-order chi connectivity index (χ1) is 9.62. The topological polar surface area (TPSA) is 62.5 Å². The molecular weight excluding hydrogens is 287 g/mol. The Balaban J connectivity index is 2.75. The van der Waals surface area contributed by atoms with E-state index in [-0.39, 0.29) is 17.0 Å². The van der Waals surface area contributed by atoms with Crippen molar-refractivity contribution < 1.29 is 28.2 Å². The third-order valence-corrected chi connectivity index (χ3v) is 3.28. The van der Waals surface area contributed by atoms with Crippen LogP contribution in [0.15, 0.2) is 24.4 Å². The number of carboxylic acids is 1. The Hall–Kier alpha value is -2.02. The normalized spacial score (nSPS) is 13.9. The smallest absolute Gasteiger partial charge is 0.416 e. The summed E-state index contributed by atoms with van der Waals surface area (Å²) in [7, 11) is 0. The van der Waals surface area contributed by atoms with Gasteiger partial charge in [0.1, 0.15) is 0 Å². The zero-order valence-corrected chi connectivity index (χ0v) is 11.3. The molecule has 0 saturated carbocycles. The van der Waals surface area contributed by atoms with Crippen LogP contribution in [0.25, 0.3) is 10.9 Å². The number of hydrogen-bond donors (Lipinski definition) is 2. The summed E-state index contributed by atoms with van der Waals surface area (Å²) < 4.78 is 40.0. The molecule has 4 nitrogen and oxygen atoms in total. The highest BCUT2D eigenvalue weighted by Crippen LogP contribution is 2.35. The van der Waals surface area contributed by atoms with Crippen LogP contribution >= 0.6 is 0 Å². The van der Waals surface area contributed by atoms with Crippen LogP contribution in [0.4, 0.5) is 13.2 Å². The molecule has 0 amide bonds. The monoisotopic (exact) mass is 301 g/mol. The molecule has 7 heteroatoms. The van der Waals surface area contributed by atoms with Gasteiger partial charge in [0.15, 0.2) is 6.10 Å². The number of fused-ring (bicyclic) bond motifs is 1. The van der Waals surface area contributed by atoms with E-state index in [1.54, 1.807) is 4.57 Å². The number of benzene rings is 1. The van der Waals surface area contributed by atoms with Gasteiger partial charge in [-0.25, -0.2) is 4.79 Å². The summed E-state index contributed by atoms with van der Waals surface area (Å²) in [4.78, 5) is 10.9. The van der Waals surface area contributed by atoms with E-state index < -0.39 is 23.8 Å². The number of aliphatic hydroxyl groups is 1. The van der Waals surface area contributed by atoms with Gasteiger partial charge in [0.2, 0.25) is 0 Å². The zero-order chi connectivity index (χ0) is 15.9. The molecular formula is C14H14F3NO3. The van der Waals surface area contributed by atoms with Gasteiger partial charge >= 0.3 is 12.1 Å². The lowest BCUT2D eigenvalue weighted by Gasteiger charge is -2.10. The fourth-order valence-corrected chi connectivity index (χ4v) is 2.24. The molecule has 0 aliphatic heterocycles. The van der Waals surface area contributed by atoms with Gasteiger partial charge in [0, 0.05) is 28.7 Å². The van der Waals surface area contributed by atoms with Crippen LogP contribution in [0.1, 0.15) is 37.1 Å². The number of halogens is 3. The van der Waals surface area contributed by atoms with Crippen LogP contribution in [0.2, 0.25) is 0 Å². The third kappa shape index (κ3) is 2.73. The SMILES string of the molecule is CC(C)n1cc(C(O)C(=O)O)c2cc(C(F)(F)F)ccc21. The van der Waals surface area contributed by atoms with E-state index in [1.165, 1.54) is 12.3 Å². The first-order valence-corrected chi connectivity index (χ1v) is 6.25. The average Bonchev–Trinajstić information content (AvgIpc) is 2.75. The van der Waals surface area contributed by atoms with Gasteiger partial charge in [-0.05, 0) is 32.0 Å². The van der Waals surface area contributed by atoms with E-state index in [0.29, 0.717) is 5.52 Å². The van der Waals surface area contributed by atoms with Crippen molar-refractivity contribution in [2.45, 2.75) is 32.2 Å². The standard InChI is InChI=1S/C14H14F3NO3/c1-7(2)18-6-10(12(19)13(20)21)9-5-8(14(15,16)17)3-4-11(9)18/h3-7,12,19H,1-2H3,(H,20,21). The molecule has 0 fully saturated rings. The first kappa shape index (κ1) is 15.4.